The van der Waals surface area contributed by atoms with Crippen molar-refractivity contribution in [1.82, 2.24) is 0 Å². The third-order valence-electron chi connectivity index (χ3n) is 7.48. The van der Waals surface area contributed by atoms with Gasteiger partial charge in [0.05, 0.1) is 6.10 Å². The average molecular weight is 362 g/mol. The Hall–Kier alpha value is -1.17. The molecule has 26 heavy (non-hydrogen) atoms. The van der Waals surface area contributed by atoms with E-state index in [-0.39, 0.29) is 28.4 Å². The highest BCUT2D eigenvalue weighted by Gasteiger charge is 2.61. The maximum Gasteiger partial charge on any atom is 0.223 e. The van der Waals surface area contributed by atoms with E-state index >= 15 is 0 Å². The second-order valence-corrected chi connectivity index (χ2v) is 9.33. The maximum absolute atomic E-state index is 13.4. The average Bonchev–Trinajstić information content (AvgIpc) is 2.99. The Labute approximate surface area is 155 Å². The zero-order chi connectivity index (χ0) is 19.0. The van der Waals surface area contributed by atoms with Crippen LogP contribution in [0.25, 0.3) is 0 Å². The number of allylic oxidation sites excluding steroid dienone is 1. The molecule has 144 valence electrons. The second-order valence-electron chi connectivity index (χ2n) is 9.33. The van der Waals surface area contributed by atoms with E-state index < -0.39 is 18.5 Å². The van der Waals surface area contributed by atoms with Crippen LogP contribution in [0.5, 0.6) is 0 Å². The van der Waals surface area contributed by atoms with E-state index in [1.165, 1.54) is 0 Å². The van der Waals surface area contributed by atoms with Crippen LogP contribution in [0.1, 0.15) is 53.4 Å². The Morgan fingerprint density at radius 1 is 1.15 bits per heavy atom. The summed E-state index contributed by atoms with van der Waals surface area (Å²) >= 11 is 0. The van der Waals surface area contributed by atoms with Gasteiger partial charge in [0.25, 0.3) is 0 Å². The molecule has 0 aromatic carbocycles. The van der Waals surface area contributed by atoms with Crippen molar-refractivity contribution in [2.24, 2.45) is 22.7 Å². The van der Waals surface area contributed by atoms with Crippen LogP contribution < -0.4 is 0 Å². The van der Waals surface area contributed by atoms with E-state index in [1.807, 2.05) is 0 Å². The number of hydrogen-bond donors (Lipinski definition) is 2. The third kappa shape index (κ3) is 2.11. The van der Waals surface area contributed by atoms with Gasteiger partial charge in [-0.25, -0.2) is 0 Å². The number of aliphatic hydroxyl groups excluding tert-OH is 2. The van der Waals surface area contributed by atoms with Crippen molar-refractivity contribution >= 4 is 5.78 Å². The van der Waals surface area contributed by atoms with E-state index in [4.69, 9.17) is 9.47 Å². The standard InChI is InChI=1S/C21H30O5/c1-10(2)13-18(25-5)16(23)15-17-14-12(19(24)26-17)11(22)6-7-20(14,3)8-9-21(13,15)4/h10-11,13,18-19,22,24H,6-9H2,1-5H3. The van der Waals surface area contributed by atoms with Crippen molar-refractivity contribution in [2.45, 2.75) is 71.9 Å². The van der Waals surface area contributed by atoms with Gasteiger partial charge in [-0.05, 0) is 37.0 Å². The van der Waals surface area contributed by atoms with E-state index in [0.717, 1.165) is 24.8 Å². The molecular weight excluding hydrogens is 332 g/mol. The van der Waals surface area contributed by atoms with Gasteiger partial charge in [0.15, 0.2) is 5.78 Å². The number of hydrogen-bond acceptors (Lipinski definition) is 5. The zero-order valence-corrected chi connectivity index (χ0v) is 16.3. The number of methoxy groups -OCH3 is 1. The van der Waals surface area contributed by atoms with Crippen LogP contribution in [0, 0.1) is 22.7 Å². The van der Waals surface area contributed by atoms with Crippen molar-refractivity contribution in [2.75, 3.05) is 7.11 Å². The van der Waals surface area contributed by atoms with Gasteiger partial charge in [-0.3, -0.25) is 4.79 Å². The predicted molar refractivity (Wildman–Crippen MR) is 96.0 cm³/mol. The van der Waals surface area contributed by atoms with Crippen LogP contribution in [0.2, 0.25) is 0 Å². The lowest BCUT2D eigenvalue weighted by molar-refractivity contribution is -0.126. The summed E-state index contributed by atoms with van der Waals surface area (Å²) in [4.78, 5) is 13.4. The zero-order valence-electron chi connectivity index (χ0n) is 16.3. The van der Waals surface area contributed by atoms with Crippen LogP contribution in [0.4, 0.5) is 0 Å². The van der Waals surface area contributed by atoms with Crippen LogP contribution in [-0.4, -0.2) is 41.6 Å². The minimum atomic E-state index is -1.16. The Balaban J connectivity index is 2.00. The molecular formula is C21H30O5. The van der Waals surface area contributed by atoms with E-state index in [9.17, 15) is 15.0 Å². The van der Waals surface area contributed by atoms with Crippen molar-refractivity contribution in [3.05, 3.63) is 22.5 Å². The summed E-state index contributed by atoms with van der Waals surface area (Å²) in [5.41, 5.74) is 1.60. The van der Waals surface area contributed by atoms with Gasteiger partial charge in [0.2, 0.25) is 6.29 Å². The van der Waals surface area contributed by atoms with Crippen LogP contribution in [0.15, 0.2) is 22.5 Å². The summed E-state index contributed by atoms with van der Waals surface area (Å²) in [5.74, 6) is 0.866. The fourth-order valence-corrected chi connectivity index (χ4v) is 6.24. The molecule has 4 aliphatic rings. The highest BCUT2D eigenvalue weighted by molar-refractivity contribution is 6.04. The van der Waals surface area contributed by atoms with Gasteiger partial charge in [0, 0.05) is 35.2 Å². The summed E-state index contributed by atoms with van der Waals surface area (Å²) in [6.45, 7) is 8.62. The summed E-state index contributed by atoms with van der Waals surface area (Å²) in [6, 6.07) is 0. The molecule has 4 rings (SSSR count). The van der Waals surface area contributed by atoms with Gasteiger partial charge in [0.1, 0.15) is 11.9 Å². The molecule has 0 aromatic rings. The lowest BCUT2D eigenvalue weighted by atomic mass is 9.65. The van der Waals surface area contributed by atoms with Gasteiger partial charge in [-0.2, -0.15) is 0 Å². The molecule has 0 radical (unpaired) electrons. The fraction of sp³-hybridized carbons (Fsp3) is 0.762. The Morgan fingerprint density at radius 2 is 1.85 bits per heavy atom. The summed E-state index contributed by atoms with van der Waals surface area (Å²) in [6.07, 6.45) is 0.906. The first-order valence-corrected chi connectivity index (χ1v) is 9.75. The predicted octanol–water partition coefficient (Wildman–Crippen LogP) is 2.72. The number of ketones is 1. The molecule has 0 bridgehead atoms. The molecule has 0 spiro atoms. The van der Waals surface area contributed by atoms with Crippen LogP contribution in [-0.2, 0) is 14.3 Å². The van der Waals surface area contributed by atoms with Crippen molar-refractivity contribution in [1.29, 1.82) is 0 Å². The molecule has 0 saturated heterocycles. The van der Waals surface area contributed by atoms with Gasteiger partial charge in [-0.1, -0.05) is 27.7 Å². The molecule has 3 aliphatic carbocycles. The van der Waals surface area contributed by atoms with Gasteiger partial charge >= 0.3 is 0 Å². The molecule has 1 fully saturated rings. The lowest BCUT2D eigenvalue weighted by Crippen LogP contribution is -2.36. The molecule has 6 unspecified atom stereocenters. The van der Waals surface area contributed by atoms with E-state index in [0.29, 0.717) is 23.3 Å². The smallest absolute Gasteiger partial charge is 0.223 e. The molecule has 2 N–H and O–H groups in total. The number of aliphatic hydroxyl groups is 2. The maximum atomic E-state index is 13.4. The first kappa shape index (κ1) is 18.2. The van der Waals surface area contributed by atoms with Crippen molar-refractivity contribution in [3.8, 4) is 0 Å². The molecule has 6 atom stereocenters. The van der Waals surface area contributed by atoms with Crippen LogP contribution in [0.3, 0.4) is 0 Å². The summed E-state index contributed by atoms with van der Waals surface area (Å²) < 4.78 is 11.5. The molecule has 1 heterocycles. The fourth-order valence-electron chi connectivity index (χ4n) is 6.24. The van der Waals surface area contributed by atoms with Crippen molar-refractivity contribution in [3.63, 3.8) is 0 Å². The molecule has 0 aromatic heterocycles. The number of Topliss-reactive ketones (excluding diaryl/α,β-unsaturated/α-hetero) is 1. The molecule has 5 heteroatoms. The molecule has 1 aliphatic heterocycles. The number of carbonyl (C=O) groups is 1. The molecule has 1 saturated carbocycles. The number of fused-ring (bicyclic) bond motifs is 1. The third-order valence-corrected chi connectivity index (χ3v) is 7.48. The summed E-state index contributed by atoms with van der Waals surface area (Å²) in [5, 5.41) is 21.0. The quantitative estimate of drug-likeness (QED) is 0.790. The van der Waals surface area contributed by atoms with Crippen LogP contribution >= 0.6 is 0 Å². The Kier molecular flexibility index (Phi) is 3.97. The largest absolute Gasteiger partial charge is 0.460 e. The number of carbonyl (C=O) groups excluding carboxylic acids is 1. The first-order valence-electron chi connectivity index (χ1n) is 9.75. The highest BCUT2D eigenvalue weighted by Crippen LogP contribution is 2.63. The molecule has 5 nitrogen and oxygen atoms in total. The Morgan fingerprint density at radius 3 is 2.46 bits per heavy atom. The van der Waals surface area contributed by atoms with Gasteiger partial charge in [-0.15, -0.1) is 0 Å². The number of ether oxygens (including phenoxy) is 2. The Bertz CT molecular complexity index is 720. The topological polar surface area (TPSA) is 76.0 Å². The lowest BCUT2D eigenvalue weighted by Gasteiger charge is -2.39. The normalized spacial score (nSPS) is 45.0. The minimum Gasteiger partial charge on any atom is -0.460 e. The second kappa shape index (κ2) is 5.66. The summed E-state index contributed by atoms with van der Waals surface area (Å²) in [7, 11) is 1.60. The van der Waals surface area contributed by atoms with E-state index in [2.05, 4.69) is 27.7 Å². The van der Waals surface area contributed by atoms with E-state index in [1.54, 1.807) is 7.11 Å². The van der Waals surface area contributed by atoms with Crippen molar-refractivity contribution < 1.29 is 24.5 Å². The SMILES string of the molecule is COC1C(=O)C2=C3OC(O)C4=C3C(C)(CCC4O)CCC2(C)C1C(C)C. The highest BCUT2D eigenvalue weighted by atomic mass is 16.6. The minimum absolute atomic E-state index is 0.0195. The monoisotopic (exact) mass is 362 g/mol. The molecule has 0 amide bonds. The number of rotatable bonds is 2. The van der Waals surface area contributed by atoms with Gasteiger partial charge < -0.3 is 19.7 Å². The first-order chi connectivity index (χ1) is 12.2.